The molecule has 1 rings (SSSR count). The summed E-state index contributed by atoms with van der Waals surface area (Å²) in [5.41, 5.74) is 6.11. The van der Waals surface area contributed by atoms with E-state index < -0.39 is 6.10 Å². The Kier molecular flexibility index (Phi) is 6.88. The molecule has 1 atom stereocenters. The topological polar surface area (TPSA) is 64.7 Å². The molecule has 0 radical (unpaired) electrons. The van der Waals surface area contributed by atoms with E-state index in [1.54, 1.807) is 32.4 Å². The number of aliphatic hydroxyl groups excluding tert-OH is 1. The van der Waals surface area contributed by atoms with Crippen LogP contribution in [-0.2, 0) is 0 Å². The highest BCUT2D eigenvalue weighted by molar-refractivity contribution is 5.85. The van der Waals surface area contributed by atoms with Crippen molar-refractivity contribution in [2.75, 3.05) is 20.8 Å². The highest BCUT2D eigenvalue weighted by Crippen LogP contribution is 2.30. The zero-order valence-electron chi connectivity index (χ0n) is 9.47. The molecule has 92 valence electrons. The number of hydrogen-bond donors (Lipinski definition) is 2. The van der Waals surface area contributed by atoms with Gasteiger partial charge in [-0.05, 0) is 31.2 Å². The molecule has 3 N–H and O–H groups in total. The Morgan fingerprint density at radius 3 is 2.50 bits per heavy atom. The van der Waals surface area contributed by atoms with Crippen LogP contribution in [0.2, 0.25) is 0 Å². The van der Waals surface area contributed by atoms with Gasteiger partial charge in [0.2, 0.25) is 0 Å². The molecule has 0 amide bonds. The van der Waals surface area contributed by atoms with E-state index in [1.165, 1.54) is 0 Å². The zero-order valence-corrected chi connectivity index (χ0v) is 10.3. The first-order valence-electron chi connectivity index (χ1n) is 4.83. The molecule has 0 aliphatic rings. The fourth-order valence-electron chi connectivity index (χ4n) is 1.41. The molecule has 0 saturated carbocycles. The van der Waals surface area contributed by atoms with E-state index in [0.29, 0.717) is 30.0 Å². The summed E-state index contributed by atoms with van der Waals surface area (Å²) in [5.74, 6) is 1.35. The van der Waals surface area contributed by atoms with Gasteiger partial charge in [0.15, 0.2) is 0 Å². The smallest absolute Gasteiger partial charge is 0.124 e. The first-order chi connectivity index (χ1) is 7.22. The fourth-order valence-corrected chi connectivity index (χ4v) is 1.41. The molecule has 0 saturated heterocycles. The predicted octanol–water partition coefficient (Wildman–Crippen LogP) is 1.51. The van der Waals surface area contributed by atoms with Gasteiger partial charge >= 0.3 is 0 Å². The van der Waals surface area contributed by atoms with E-state index in [0.717, 1.165) is 0 Å². The Balaban J connectivity index is 0.00000225. The SMILES string of the molecule is COc1ccc(OC)c(C(O)CCN)c1.Cl. The molecule has 1 unspecified atom stereocenters. The lowest BCUT2D eigenvalue weighted by molar-refractivity contribution is 0.165. The summed E-state index contributed by atoms with van der Waals surface area (Å²) in [7, 11) is 3.15. The third kappa shape index (κ3) is 3.56. The fraction of sp³-hybridized carbons (Fsp3) is 0.455. The second-order valence-corrected chi connectivity index (χ2v) is 3.20. The largest absolute Gasteiger partial charge is 0.497 e. The number of benzene rings is 1. The first kappa shape index (κ1) is 15.0. The summed E-state index contributed by atoms with van der Waals surface area (Å²) in [4.78, 5) is 0. The molecule has 16 heavy (non-hydrogen) atoms. The third-order valence-corrected chi connectivity index (χ3v) is 2.24. The van der Waals surface area contributed by atoms with E-state index in [1.807, 2.05) is 0 Å². The van der Waals surface area contributed by atoms with Crippen molar-refractivity contribution in [1.82, 2.24) is 0 Å². The number of hydrogen-bond acceptors (Lipinski definition) is 4. The van der Waals surface area contributed by atoms with Crippen LogP contribution in [0.3, 0.4) is 0 Å². The van der Waals surface area contributed by atoms with Crippen LogP contribution in [0.4, 0.5) is 0 Å². The number of halogens is 1. The summed E-state index contributed by atoms with van der Waals surface area (Å²) in [5, 5.41) is 9.84. The van der Waals surface area contributed by atoms with Gasteiger partial charge in [0, 0.05) is 5.56 Å². The average Bonchev–Trinajstić information content (AvgIpc) is 2.28. The molecule has 0 aliphatic carbocycles. The highest BCUT2D eigenvalue weighted by Gasteiger charge is 2.13. The van der Waals surface area contributed by atoms with E-state index >= 15 is 0 Å². The number of methoxy groups -OCH3 is 2. The molecule has 0 heterocycles. The molecule has 0 aromatic heterocycles. The van der Waals surface area contributed by atoms with Crippen LogP contribution in [0.25, 0.3) is 0 Å². The van der Waals surface area contributed by atoms with Crippen LogP contribution in [0.1, 0.15) is 18.1 Å². The van der Waals surface area contributed by atoms with Gasteiger partial charge in [-0.2, -0.15) is 0 Å². The summed E-state index contributed by atoms with van der Waals surface area (Å²) in [6.45, 7) is 0.432. The average molecular weight is 248 g/mol. The minimum absolute atomic E-state index is 0. The molecule has 5 heteroatoms. The molecule has 0 spiro atoms. The van der Waals surface area contributed by atoms with Gasteiger partial charge in [-0.25, -0.2) is 0 Å². The standard InChI is InChI=1S/C11H17NO3.ClH/c1-14-8-3-4-11(15-2)9(7-8)10(13)5-6-12;/h3-4,7,10,13H,5-6,12H2,1-2H3;1H. The molecule has 1 aromatic carbocycles. The van der Waals surface area contributed by atoms with E-state index in [4.69, 9.17) is 15.2 Å². The molecular weight excluding hydrogens is 230 g/mol. The molecule has 4 nitrogen and oxygen atoms in total. The number of ether oxygens (including phenoxy) is 2. The Bertz CT molecular complexity index is 320. The quantitative estimate of drug-likeness (QED) is 0.828. The van der Waals surface area contributed by atoms with Crippen molar-refractivity contribution in [2.24, 2.45) is 5.73 Å². The van der Waals surface area contributed by atoms with Crippen LogP contribution >= 0.6 is 12.4 Å². The number of nitrogens with two attached hydrogens (primary N) is 1. The number of aliphatic hydroxyl groups is 1. The van der Waals surface area contributed by atoms with Crippen LogP contribution in [0.15, 0.2) is 18.2 Å². The van der Waals surface area contributed by atoms with Gasteiger partial charge in [-0.1, -0.05) is 0 Å². The van der Waals surface area contributed by atoms with Crippen molar-refractivity contribution in [3.63, 3.8) is 0 Å². The van der Waals surface area contributed by atoms with Crippen LogP contribution in [-0.4, -0.2) is 25.9 Å². The molecule has 0 bridgehead atoms. The van der Waals surface area contributed by atoms with Gasteiger partial charge in [0.05, 0.1) is 20.3 Å². The van der Waals surface area contributed by atoms with Crippen molar-refractivity contribution < 1.29 is 14.6 Å². The summed E-state index contributed by atoms with van der Waals surface area (Å²) < 4.78 is 10.2. The van der Waals surface area contributed by atoms with Crippen molar-refractivity contribution in [3.8, 4) is 11.5 Å². The first-order valence-corrected chi connectivity index (χ1v) is 4.83. The van der Waals surface area contributed by atoms with Gasteiger partial charge in [-0.15, -0.1) is 12.4 Å². The minimum Gasteiger partial charge on any atom is -0.497 e. The summed E-state index contributed by atoms with van der Waals surface area (Å²) >= 11 is 0. The highest BCUT2D eigenvalue weighted by atomic mass is 35.5. The molecule has 0 fully saturated rings. The maximum atomic E-state index is 9.84. The van der Waals surface area contributed by atoms with Crippen LogP contribution < -0.4 is 15.2 Å². The Hall–Kier alpha value is -0.970. The monoisotopic (exact) mass is 247 g/mol. The maximum absolute atomic E-state index is 9.84. The van der Waals surface area contributed by atoms with Crippen molar-refractivity contribution >= 4 is 12.4 Å². The van der Waals surface area contributed by atoms with Crippen molar-refractivity contribution in [1.29, 1.82) is 0 Å². The lowest BCUT2D eigenvalue weighted by Gasteiger charge is -2.15. The van der Waals surface area contributed by atoms with E-state index in [2.05, 4.69) is 0 Å². The molecule has 1 aromatic rings. The molecular formula is C11H18ClNO3. The van der Waals surface area contributed by atoms with Gasteiger partial charge in [0.1, 0.15) is 11.5 Å². The summed E-state index contributed by atoms with van der Waals surface area (Å²) in [6, 6.07) is 5.32. The maximum Gasteiger partial charge on any atom is 0.124 e. The van der Waals surface area contributed by atoms with Crippen LogP contribution in [0.5, 0.6) is 11.5 Å². The lowest BCUT2D eigenvalue weighted by Crippen LogP contribution is -2.08. The number of rotatable bonds is 5. The second-order valence-electron chi connectivity index (χ2n) is 3.20. The van der Waals surface area contributed by atoms with Gasteiger partial charge in [-0.3, -0.25) is 0 Å². The second kappa shape index (κ2) is 7.33. The summed E-state index contributed by atoms with van der Waals surface area (Å²) in [6.07, 6.45) is -0.108. The van der Waals surface area contributed by atoms with Crippen molar-refractivity contribution in [2.45, 2.75) is 12.5 Å². The van der Waals surface area contributed by atoms with Gasteiger partial charge in [0.25, 0.3) is 0 Å². The zero-order chi connectivity index (χ0) is 11.3. The van der Waals surface area contributed by atoms with E-state index in [9.17, 15) is 5.11 Å². The normalized spacial score (nSPS) is 11.5. The molecule has 0 aliphatic heterocycles. The van der Waals surface area contributed by atoms with Crippen LogP contribution in [0, 0.1) is 0 Å². The van der Waals surface area contributed by atoms with Gasteiger partial charge < -0.3 is 20.3 Å². The Labute approximate surface area is 102 Å². The van der Waals surface area contributed by atoms with E-state index in [-0.39, 0.29) is 12.4 Å². The Morgan fingerprint density at radius 1 is 1.31 bits per heavy atom. The lowest BCUT2D eigenvalue weighted by atomic mass is 10.1. The third-order valence-electron chi connectivity index (χ3n) is 2.24. The Morgan fingerprint density at radius 2 is 2.00 bits per heavy atom. The minimum atomic E-state index is -0.611. The van der Waals surface area contributed by atoms with Crippen molar-refractivity contribution in [3.05, 3.63) is 23.8 Å². The predicted molar refractivity (Wildman–Crippen MR) is 65.4 cm³/mol.